The molecule has 0 bridgehead atoms. The van der Waals surface area contributed by atoms with Gasteiger partial charge in [0.05, 0.1) is 0 Å². The van der Waals surface area contributed by atoms with E-state index in [9.17, 15) is 9.59 Å². The predicted octanol–water partition coefficient (Wildman–Crippen LogP) is 4.88. The van der Waals surface area contributed by atoms with Gasteiger partial charge in [-0.2, -0.15) is 11.3 Å². The van der Waals surface area contributed by atoms with E-state index in [1.54, 1.807) is 28.0 Å². The molecule has 2 aromatic heterocycles. The summed E-state index contributed by atoms with van der Waals surface area (Å²) in [4.78, 5) is 27.9. The van der Waals surface area contributed by atoms with Crippen molar-refractivity contribution < 1.29 is 9.59 Å². The Morgan fingerprint density at radius 2 is 2.11 bits per heavy atom. The Balaban J connectivity index is 1.84. The fourth-order valence-electron chi connectivity index (χ4n) is 3.87. The largest absolute Gasteiger partial charge is 0.294 e. The van der Waals surface area contributed by atoms with Gasteiger partial charge >= 0.3 is 0 Å². The standard InChI is InChI=1S/C19H21N3O2S3/c1-4-26-18-21-20-17(27-18)22-13-8-19(2,3)9-14(23)16(13)12(7-15(22)24)11-5-6-25-10-11/h5-6,10,12H,4,7-9H2,1-3H3/t12-/m0/s1. The summed E-state index contributed by atoms with van der Waals surface area (Å²) >= 11 is 4.64. The van der Waals surface area contributed by atoms with Crippen LogP contribution in [-0.2, 0) is 9.59 Å². The van der Waals surface area contributed by atoms with Gasteiger partial charge in [-0.1, -0.05) is 43.9 Å². The lowest BCUT2D eigenvalue weighted by Crippen LogP contribution is -2.43. The van der Waals surface area contributed by atoms with E-state index in [0.29, 0.717) is 24.4 Å². The number of anilines is 1. The summed E-state index contributed by atoms with van der Waals surface area (Å²) in [7, 11) is 0. The zero-order chi connectivity index (χ0) is 19.2. The number of aromatic nitrogens is 2. The van der Waals surface area contributed by atoms with Gasteiger partial charge in [-0.15, -0.1) is 10.2 Å². The monoisotopic (exact) mass is 419 g/mol. The molecule has 4 rings (SSSR count). The van der Waals surface area contributed by atoms with Crippen LogP contribution in [0.15, 0.2) is 32.4 Å². The Hall–Kier alpha value is -1.51. The first-order valence-electron chi connectivity index (χ1n) is 8.97. The highest BCUT2D eigenvalue weighted by molar-refractivity contribution is 8.01. The molecule has 0 fully saturated rings. The predicted molar refractivity (Wildman–Crippen MR) is 111 cm³/mol. The minimum Gasteiger partial charge on any atom is -0.294 e. The van der Waals surface area contributed by atoms with Crippen LogP contribution in [-0.4, -0.2) is 27.6 Å². The number of carbonyl (C=O) groups excluding carboxylic acids is 2. The summed E-state index contributed by atoms with van der Waals surface area (Å²) in [5, 5.41) is 13.1. The zero-order valence-corrected chi connectivity index (χ0v) is 18.0. The van der Waals surface area contributed by atoms with Gasteiger partial charge in [0.1, 0.15) is 0 Å². The van der Waals surface area contributed by atoms with E-state index in [0.717, 1.165) is 26.9 Å². The molecule has 3 heterocycles. The van der Waals surface area contributed by atoms with Crippen LogP contribution in [0, 0.1) is 5.41 Å². The molecule has 0 spiro atoms. The van der Waals surface area contributed by atoms with Crippen molar-refractivity contribution >= 4 is 51.3 Å². The Bertz CT molecular complexity index is 915. The van der Waals surface area contributed by atoms with Crippen molar-refractivity contribution in [2.24, 2.45) is 5.41 Å². The molecule has 0 radical (unpaired) electrons. The molecule has 0 saturated heterocycles. The molecule has 27 heavy (non-hydrogen) atoms. The Labute approximate surface area is 170 Å². The highest BCUT2D eigenvalue weighted by Gasteiger charge is 2.45. The smallest absolute Gasteiger partial charge is 0.234 e. The third kappa shape index (κ3) is 3.50. The van der Waals surface area contributed by atoms with Crippen LogP contribution in [0.25, 0.3) is 0 Å². The van der Waals surface area contributed by atoms with Crippen LogP contribution < -0.4 is 4.90 Å². The van der Waals surface area contributed by atoms with Crippen LogP contribution in [0.1, 0.15) is 51.5 Å². The van der Waals surface area contributed by atoms with Gasteiger partial charge in [0.2, 0.25) is 11.0 Å². The molecule has 0 N–H and O–H groups in total. The van der Waals surface area contributed by atoms with E-state index in [1.807, 2.05) is 16.8 Å². The van der Waals surface area contributed by atoms with Crippen molar-refractivity contribution in [3.05, 3.63) is 33.7 Å². The van der Waals surface area contributed by atoms with Gasteiger partial charge in [0.25, 0.3) is 0 Å². The number of thiophene rings is 1. The quantitative estimate of drug-likeness (QED) is 0.522. The number of hydrogen-bond acceptors (Lipinski definition) is 7. The fraction of sp³-hybridized carbons (Fsp3) is 0.474. The second-order valence-electron chi connectivity index (χ2n) is 7.63. The lowest BCUT2D eigenvalue weighted by atomic mass is 9.69. The van der Waals surface area contributed by atoms with Gasteiger partial charge in [0, 0.05) is 30.0 Å². The average molecular weight is 420 g/mol. The van der Waals surface area contributed by atoms with Crippen molar-refractivity contribution in [3.63, 3.8) is 0 Å². The van der Waals surface area contributed by atoms with Crippen molar-refractivity contribution in [3.8, 4) is 0 Å². The summed E-state index contributed by atoms with van der Waals surface area (Å²) in [6, 6.07) is 2.02. The number of Topliss-reactive ketones (excluding diaryl/α,β-unsaturated/α-hetero) is 1. The van der Waals surface area contributed by atoms with Crippen LogP contribution in [0.3, 0.4) is 0 Å². The summed E-state index contributed by atoms with van der Waals surface area (Å²) in [6.45, 7) is 6.24. The SMILES string of the molecule is CCSc1nnc(N2C(=O)C[C@@H](c3ccsc3)C3=C2CC(C)(C)CC3=O)s1. The van der Waals surface area contributed by atoms with Gasteiger partial charge in [-0.3, -0.25) is 14.5 Å². The van der Waals surface area contributed by atoms with Gasteiger partial charge in [0.15, 0.2) is 10.1 Å². The minimum absolute atomic E-state index is 0.000325. The molecule has 1 atom stereocenters. The van der Waals surface area contributed by atoms with Crippen LogP contribution in [0.4, 0.5) is 5.13 Å². The van der Waals surface area contributed by atoms with E-state index >= 15 is 0 Å². The van der Waals surface area contributed by atoms with Crippen LogP contribution in [0.2, 0.25) is 0 Å². The molecule has 2 aromatic rings. The highest BCUT2D eigenvalue weighted by Crippen LogP contribution is 2.48. The molecular weight excluding hydrogens is 398 g/mol. The number of amides is 1. The summed E-state index contributed by atoms with van der Waals surface area (Å²) < 4.78 is 0.851. The maximum atomic E-state index is 13.2. The molecule has 8 heteroatoms. The second kappa shape index (κ2) is 7.14. The number of hydrogen-bond donors (Lipinski definition) is 0. The molecule has 1 amide bonds. The third-order valence-electron chi connectivity index (χ3n) is 4.94. The third-order valence-corrected chi connectivity index (χ3v) is 7.57. The first-order valence-corrected chi connectivity index (χ1v) is 11.7. The van der Waals surface area contributed by atoms with E-state index in [1.165, 1.54) is 11.3 Å². The first-order chi connectivity index (χ1) is 12.9. The number of allylic oxidation sites excluding steroid dienone is 2. The number of thioether (sulfide) groups is 1. The van der Waals surface area contributed by atoms with Crippen LogP contribution >= 0.6 is 34.4 Å². The molecule has 1 aliphatic heterocycles. The molecule has 142 valence electrons. The zero-order valence-electron chi connectivity index (χ0n) is 15.5. The molecule has 0 saturated carbocycles. The van der Waals surface area contributed by atoms with Gasteiger partial charge in [-0.05, 0) is 40.0 Å². The summed E-state index contributed by atoms with van der Waals surface area (Å²) in [6.07, 6.45) is 1.51. The lowest BCUT2D eigenvalue weighted by Gasteiger charge is -2.41. The molecule has 0 unspecified atom stereocenters. The van der Waals surface area contributed by atoms with Gasteiger partial charge in [-0.25, -0.2) is 0 Å². The normalized spacial score (nSPS) is 22.3. The Morgan fingerprint density at radius 3 is 2.81 bits per heavy atom. The maximum Gasteiger partial charge on any atom is 0.234 e. The van der Waals surface area contributed by atoms with Gasteiger partial charge < -0.3 is 0 Å². The number of ketones is 1. The fourth-order valence-corrected chi connectivity index (χ4v) is 6.37. The number of carbonyl (C=O) groups is 2. The second-order valence-corrected chi connectivity index (χ2v) is 10.9. The van der Waals surface area contributed by atoms with Crippen molar-refractivity contribution in [1.29, 1.82) is 0 Å². The Morgan fingerprint density at radius 1 is 1.30 bits per heavy atom. The average Bonchev–Trinajstić information content (AvgIpc) is 3.25. The lowest BCUT2D eigenvalue weighted by molar-refractivity contribution is -0.121. The topological polar surface area (TPSA) is 63.2 Å². The van der Waals surface area contributed by atoms with E-state index in [-0.39, 0.29) is 23.0 Å². The molecule has 0 aromatic carbocycles. The molecule has 2 aliphatic rings. The van der Waals surface area contributed by atoms with Crippen molar-refractivity contribution in [2.75, 3.05) is 10.7 Å². The van der Waals surface area contributed by atoms with Crippen molar-refractivity contribution in [2.45, 2.75) is 50.3 Å². The molecule has 5 nitrogen and oxygen atoms in total. The van der Waals surface area contributed by atoms with E-state index < -0.39 is 0 Å². The highest BCUT2D eigenvalue weighted by atomic mass is 32.2. The Kier molecular flexibility index (Phi) is 4.98. The number of nitrogens with zero attached hydrogens (tertiary/aromatic N) is 3. The maximum absolute atomic E-state index is 13.2. The van der Waals surface area contributed by atoms with Crippen molar-refractivity contribution in [1.82, 2.24) is 10.2 Å². The van der Waals surface area contributed by atoms with E-state index in [4.69, 9.17) is 0 Å². The number of rotatable bonds is 4. The van der Waals surface area contributed by atoms with E-state index in [2.05, 4.69) is 31.0 Å². The summed E-state index contributed by atoms with van der Waals surface area (Å²) in [5.41, 5.74) is 2.52. The van der Waals surface area contributed by atoms with Crippen LogP contribution in [0.5, 0.6) is 0 Å². The minimum atomic E-state index is -0.170. The molecule has 1 aliphatic carbocycles. The first kappa shape index (κ1) is 18.8. The molecular formula is C19H21N3O2S3. The summed E-state index contributed by atoms with van der Waals surface area (Å²) in [5.74, 6) is 0.917.